The molecule has 6 N–H and O–H groups in total. The summed E-state index contributed by atoms with van der Waals surface area (Å²) in [6, 6.07) is 5.73. The van der Waals surface area contributed by atoms with Crippen molar-refractivity contribution in [3.8, 4) is 16.9 Å². The number of phenols is 1. The molecule has 0 fully saturated rings. The topological polar surface area (TPSA) is 174 Å². The second kappa shape index (κ2) is 8.25. The Morgan fingerprint density at radius 2 is 1.84 bits per heavy atom. The molecule has 0 unspecified atom stereocenters. The number of fused-ring (bicyclic) bond motifs is 3. The highest BCUT2D eigenvalue weighted by molar-refractivity contribution is 6.24. The third-order valence-corrected chi connectivity index (χ3v) is 7.83. The van der Waals surface area contributed by atoms with Crippen LogP contribution in [0.25, 0.3) is 11.1 Å². The van der Waals surface area contributed by atoms with Crippen molar-refractivity contribution >= 4 is 17.5 Å². The van der Waals surface area contributed by atoms with Gasteiger partial charge in [0.15, 0.2) is 11.4 Å². The summed E-state index contributed by atoms with van der Waals surface area (Å²) in [6.07, 6.45) is 1.92. The molecule has 1 amide bonds. The van der Waals surface area contributed by atoms with Crippen molar-refractivity contribution in [1.29, 1.82) is 0 Å². The van der Waals surface area contributed by atoms with Crippen molar-refractivity contribution in [2.24, 2.45) is 17.6 Å². The molecule has 10 nitrogen and oxygen atoms in total. The highest BCUT2D eigenvalue weighted by atomic mass is 16.3. The van der Waals surface area contributed by atoms with Gasteiger partial charge in [-0.25, -0.2) is 0 Å². The molecule has 5 rings (SSSR count). The number of nitrogens with two attached hydrogens (primary N) is 1. The smallest absolute Gasteiger partial charge is 0.255 e. The van der Waals surface area contributed by atoms with Crippen LogP contribution >= 0.6 is 0 Å². The zero-order valence-corrected chi connectivity index (χ0v) is 20.5. The summed E-state index contributed by atoms with van der Waals surface area (Å²) in [7, 11) is 3.18. The normalized spacial score (nSPS) is 27.2. The van der Waals surface area contributed by atoms with Crippen LogP contribution in [0.1, 0.15) is 28.0 Å². The van der Waals surface area contributed by atoms with E-state index in [0.717, 1.165) is 11.3 Å². The van der Waals surface area contributed by atoms with Crippen molar-refractivity contribution in [3.05, 3.63) is 69.9 Å². The fraction of sp³-hybridized carbons (Fsp3) is 0.333. The molecular formula is C27H27N3O7. The first-order chi connectivity index (χ1) is 17.4. The minimum atomic E-state index is -2.65. The molecule has 1 aromatic carbocycles. The number of rotatable bonds is 3. The average molecular weight is 506 g/mol. The first kappa shape index (κ1) is 24.7. The van der Waals surface area contributed by atoms with Crippen LogP contribution in [-0.2, 0) is 16.0 Å². The minimum absolute atomic E-state index is 0.0288. The largest absolute Gasteiger partial charge is 0.510 e. The lowest BCUT2D eigenvalue weighted by Crippen LogP contribution is -2.63. The number of hydrogen-bond donors (Lipinski definition) is 5. The molecule has 0 radical (unpaired) electrons. The third-order valence-electron chi connectivity index (χ3n) is 7.83. The van der Waals surface area contributed by atoms with E-state index in [2.05, 4.69) is 4.98 Å². The van der Waals surface area contributed by atoms with Gasteiger partial charge < -0.3 is 26.2 Å². The Balaban J connectivity index is 1.72. The van der Waals surface area contributed by atoms with Crippen LogP contribution < -0.4 is 5.73 Å². The van der Waals surface area contributed by atoms with Crippen LogP contribution in [-0.4, -0.2) is 73.5 Å². The van der Waals surface area contributed by atoms with Gasteiger partial charge in [0.2, 0.25) is 5.78 Å². The van der Waals surface area contributed by atoms with E-state index in [4.69, 9.17) is 5.73 Å². The van der Waals surface area contributed by atoms with E-state index in [1.54, 1.807) is 26.4 Å². The molecule has 1 aromatic heterocycles. The first-order valence-corrected chi connectivity index (χ1v) is 11.8. The predicted octanol–water partition coefficient (Wildman–Crippen LogP) is 1.49. The van der Waals surface area contributed by atoms with Crippen molar-refractivity contribution in [2.45, 2.75) is 31.4 Å². The van der Waals surface area contributed by atoms with Crippen molar-refractivity contribution < 1.29 is 34.8 Å². The minimum Gasteiger partial charge on any atom is -0.510 e. The van der Waals surface area contributed by atoms with Gasteiger partial charge in [-0.2, -0.15) is 0 Å². The number of aromatic hydroxyl groups is 1. The number of aliphatic hydroxyl groups excluding tert-OH is 2. The number of aliphatic hydroxyl groups is 3. The maximum absolute atomic E-state index is 13.8. The zero-order chi connectivity index (χ0) is 27.0. The number of aryl methyl sites for hydroxylation is 1. The SMILES string of the molecule is Cc1ccc(-c2ccc(O)c3c2C[C@H]2C[C@H]4[C@H](N(C)C)C(O)=C(C(N)=O)C(=O)[C@@]4(O)C(O)=C2C3=O)cn1. The van der Waals surface area contributed by atoms with Gasteiger partial charge in [0, 0.05) is 28.9 Å². The number of ketones is 2. The number of phenolic OH excluding ortho intramolecular Hbond substituents is 1. The second-order valence-electron chi connectivity index (χ2n) is 10.1. The fourth-order valence-electron chi connectivity index (χ4n) is 6.15. The van der Waals surface area contributed by atoms with Crippen LogP contribution in [0, 0.1) is 18.8 Å². The number of primary amides is 1. The number of benzene rings is 1. The molecule has 192 valence electrons. The zero-order valence-electron chi connectivity index (χ0n) is 20.5. The van der Waals surface area contributed by atoms with Crippen molar-refractivity contribution in [3.63, 3.8) is 0 Å². The maximum Gasteiger partial charge on any atom is 0.255 e. The van der Waals surface area contributed by atoms with Crippen LogP contribution in [0.4, 0.5) is 0 Å². The van der Waals surface area contributed by atoms with Crippen LogP contribution in [0.15, 0.2) is 53.1 Å². The number of carbonyl (C=O) groups excluding carboxylic acids is 3. The number of likely N-dealkylation sites (N-methyl/N-ethyl adjacent to an activating group) is 1. The van der Waals surface area contributed by atoms with E-state index >= 15 is 0 Å². The molecule has 0 bridgehead atoms. The van der Waals surface area contributed by atoms with Crippen LogP contribution in [0.3, 0.4) is 0 Å². The van der Waals surface area contributed by atoms with E-state index in [1.165, 1.54) is 11.0 Å². The van der Waals surface area contributed by atoms with Crippen LogP contribution in [0.5, 0.6) is 5.75 Å². The monoisotopic (exact) mass is 505 g/mol. The van der Waals surface area contributed by atoms with E-state index < -0.39 is 58.0 Å². The molecule has 0 aliphatic heterocycles. The highest BCUT2D eigenvalue weighted by Crippen LogP contribution is 2.53. The Hall–Kier alpha value is -4.02. The van der Waals surface area contributed by atoms with Gasteiger partial charge >= 0.3 is 0 Å². The third kappa shape index (κ3) is 3.32. The quantitative estimate of drug-likeness (QED) is 0.387. The number of pyridine rings is 1. The summed E-state index contributed by atoms with van der Waals surface area (Å²) in [6.45, 7) is 1.85. The summed E-state index contributed by atoms with van der Waals surface area (Å²) < 4.78 is 0. The molecule has 0 saturated carbocycles. The van der Waals surface area contributed by atoms with Crippen molar-refractivity contribution in [1.82, 2.24) is 9.88 Å². The van der Waals surface area contributed by atoms with E-state index in [-0.39, 0.29) is 29.7 Å². The highest BCUT2D eigenvalue weighted by Gasteiger charge is 2.63. The van der Waals surface area contributed by atoms with Gasteiger partial charge in [-0.1, -0.05) is 12.1 Å². The van der Waals surface area contributed by atoms with Gasteiger partial charge in [0.25, 0.3) is 5.91 Å². The summed E-state index contributed by atoms with van der Waals surface area (Å²) in [5, 5.41) is 44.5. The summed E-state index contributed by atoms with van der Waals surface area (Å²) in [5.74, 6) is -6.71. The second-order valence-corrected chi connectivity index (χ2v) is 10.1. The predicted molar refractivity (Wildman–Crippen MR) is 132 cm³/mol. The maximum atomic E-state index is 13.8. The summed E-state index contributed by atoms with van der Waals surface area (Å²) >= 11 is 0. The Kier molecular flexibility index (Phi) is 5.50. The van der Waals surface area contributed by atoms with E-state index in [9.17, 15) is 34.8 Å². The number of aromatic nitrogens is 1. The van der Waals surface area contributed by atoms with Gasteiger partial charge in [-0.3, -0.25) is 24.3 Å². The Labute approximate surface area is 212 Å². The fourth-order valence-corrected chi connectivity index (χ4v) is 6.15. The van der Waals surface area contributed by atoms with Gasteiger partial charge in [-0.15, -0.1) is 0 Å². The number of amides is 1. The van der Waals surface area contributed by atoms with Crippen molar-refractivity contribution in [2.75, 3.05) is 14.1 Å². The van der Waals surface area contributed by atoms with Gasteiger partial charge in [-0.05, 0) is 63.0 Å². The lowest BCUT2D eigenvalue weighted by Gasteiger charge is -2.50. The molecule has 4 atom stereocenters. The van der Waals surface area contributed by atoms with E-state index in [0.29, 0.717) is 11.1 Å². The number of Topliss-reactive ketones (excluding diaryl/α,β-unsaturated/α-hetero) is 2. The Morgan fingerprint density at radius 3 is 2.43 bits per heavy atom. The first-order valence-electron chi connectivity index (χ1n) is 11.8. The molecule has 0 saturated heterocycles. The molecule has 37 heavy (non-hydrogen) atoms. The lowest BCUT2D eigenvalue weighted by molar-refractivity contribution is -0.148. The van der Waals surface area contributed by atoms with Crippen LogP contribution in [0.2, 0.25) is 0 Å². The lowest BCUT2D eigenvalue weighted by atomic mass is 9.58. The molecular weight excluding hydrogens is 478 g/mol. The van der Waals surface area contributed by atoms with Gasteiger partial charge in [0.05, 0.1) is 11.6 Å². The standard InChI is InChI=1S/C27H27N3O7/c1-11-4-5-12(10-29-11)14-6-7-17(31)19-15(14)8-13-9-16-21(30(2)3)23(33)20(26(28)36)25(35)27(16,37)24(34)18(13)22(19)32/h4-7,10,13,16,21,31,33-34,37H,8-9H2,1-3H3,(H2,28,36)/t13-,16-,21-,27-/m0/s1. The molecule has 1 heterocycles. The van der Waals surface area contributed by atoms with E-state index in [1.807, 2.05) is 19.1 Å². The Bertz CT molecular complexity index is 1440. The number of hydrogen-bond acceptors (Lipinski definition) is 9. The average Bonchev–Trinajstić information content (AvgIpc) is 2.82. The molecule has 3 aliphatic carbocycles. The summed E-state index contributed by atoms with van der Waals surface area (Å²) in [4.78, 5) is 45.0. The number of carbonyl (C=O) groups is 3. The molecule has 2 aromatic rings. The van der Waals surface area contributed by atoms with Gasteiger partial charge in [0.1, 0.15) is 22.8 Å². The molecule has 3 aliphatic rings. The number of nitrogens with zero attached hydrogens (tertiary/aromatic N) is 2. The number of allylic oxidation sites excluding steroid dienone is 1. The Morgan fingerprint density at radius 1 is 1.14 bits per heavy atom. The summed E-state index contributed by atoms with van der Waals surface area (Å²) in [5.41, 5.74) is 4.46. The molecule has 10 heteroatoms. The molecule has 0 spiro atoms.